The summed E-state index contributed by atoms with van der Waals surface area (Å²) in [6.45, 7) is 0.202. The Morgan fingerprint density at radius 2 is 0.376 bits per heavy atom. The first-order valence-electron chi connectivity index (χ1n) is 40.5. The lowest BCUT2D eigenvalue weighted by Gasteiger charge is -2.39. The second kappa shape index (κ2) is 29.2. The van der Waals surface area contributed by atoms with E-state index in [2.05, 4.69) is 483 Å². The Kier molecular flexibility index (Phi) is 17.1. The van der Waals surface area contributed by atoms with Gasteiger partial charge in [-0.25, -0.2) is 0 Å². The highest BCUT2D eigenvalue weighted by molar-refractivity contribution is 6.92. The SMILES string of the molecule is c1ccc(B2c3ccc(-n4c5ccccc5c5ccccc54)cc3-c3ccccc3N2c2ccccc2)cc1.c1ccc(B2c3ccccc3-c3ccccc3N2c2ccc(-n3c4ccccc4c4ccccc43)cc2)cc1.c1ccc(N2B(c3ccc(-n4c5ccccc5c5ccccc54)cc3)c3ccccc3-c3ccccc32)cc1. The quantitative estimate of drug-likeness (QED) is 0.135. The Morgan fingerprint density at radius 1 is 0.145 bits per heavy atom. The molecule has 3 aliphatic rings. The molecule has 0 amide bonds. The molecule has 6 heterocycles. The van der Waals surface area contributed by atoms with Crippen molar-refractivity contribution in [3.05, 3.63) is 455 Å². The van der Waals surface area contributed by atoms with Gasteiger partial charge in [0.1, 0.15) is 0 Å². The van der Waals surface area contributed by atoms with E-state index < -0.39 is 0 Å². The second-order valence-electron chi connectivity index (χ2n) is 30.5. The molecule has 9 heteroatoms. The molecule has 3 aliphatic heterocycles. The molecule has 0 spiro atoms. The molecule has 18 aromatic carbocycles. The van der Waals surface area contributed by atoms with Crippen LogP contribution in [0.3, 0.4) is 0 Å². The molecule has 0 aliphatic carbocycles. The van der Waals surface area contributed by atoms with E-state index in [1.54, 1.807) is 0 Å². The average molecular weight is 1490 g/mol. The van der Waals surface area contributed by atoms with Gasteiger partial charge < -0.3 is 28.1 Å². The van der Waals surface area contributed by atoms with Crippen LogP contribution in [0, 0.1) is 0 Å². The molecular formula is C108H75B3N6. The fraction of sp³-hybridized carbons (Fsp3) is 0. The zero-order valence-corrected chi connectivity index (χ0v) is 64.2. The van der Waals surface area contributed by atoms with Crippen LogP contribution >= 0.6 is 0 Å². The van der Waals surface area contributed by atoms with Gasteiger partial charge in [-0.05, 0) is 160 Å². The molecule has 546 valence electrons. The molecule has 117 heavy (non-hydrogen) atoms. The maximum atomic E-state index is 2.50. The number of hydrogen-bond donors (Lipinski definition) is 0. The van der Waals surface area contributed by atoms with Crippen LogP contribution in [0.5, 0.6) is 0 Å². The first-order chi connectivity index (χ1) is 58.1. The molecule has 3 aromatic heterocycles. The molecule has 0 unspecified atom stereocenters. The molecule has 0 saturated heterocycles. The van der Waals surface area contributed by atoms with Gasteiger partial charge in [0.25, 0.3) is 0 Å². The summed E-state index contributed by atoms with van der Waals surface area (Å²) < 4.78 is 7.17. The zero-order chi connectivity index (χ0) is 77.3. The molecule has 0 atom stereocenters. The van der Waals surface area contributed by atoms with Crippen molar-refractivity contribution in [3.8, 4) is 50.4 Å². The summed E-state index contributed by atoms with van der Waals surface area (Å²) in [5, 5.41) is 7.69. The minimum atomic E-state index is 0.0608. The minimum Gasteiger partial charge on any atom is -0.376 e. The molecule has 0 radical (unpaired) electrons. The third kappa shape index (κ3) is 11.7. The smallest absolute Gasteiger partial charge is 0.328 e. The number of hydrogen-bond acceptors (Lipinski definition) is 3. The van der Waals surface area contributed by atoms with Crippen molar-refractivity contribution in [2.75, 3.05) is 14.4 Å². The first kappa shape index (κ1) is 68.7. The number of benzene rings is 18. The van der Waals surface area contributed by atoms with E-state index in [0.717, 1.165) is 5.69 Å². The highest BCUT2D eigenvalue weighted by Crippen LogP contribution is 2.45. The van der Waals surface area contributed by atoms with Crippen molar-refractivity contribution in [1.29, 1.82) is 0 Å². The molecular weight excluding hydrogens is 1410 g/mol. The van der Waals surface area contributed by atoms with Crippen molar-refractivity contribution in [1.82, 2.24) is 13.7 Å². The Bertz CT molecular complexity index is 6800. The van der Waals surface area contributed by atoms with Gasteiger partial charge in [-0.2, -0.15) is 0 Å². The van der Waals surface area contributed by atoms with Crippen LogP contribution in [0.25, 0.3) is 116 Å². The van der Waals surface area contributed by atoms with E-state index in [4.69, 9.17) is 0 Å². The van der Waals surface area contributed by atoms with Gasteiger partial charge in [-0.3, -0.25) is 0 Å². The Labute approximate surface area is 681 Å². The summed E-state index contributed by atoms with van der Waals surface area (Å²) in [4.78, 5) is 7.49. The summed E-state index contributed by atoms with van der Waals surface area (Å²) in [5.74, 6) is 0. The van der Waals surface area contributed by atoms with Crippen LogP contribution in [0.2, 0.25) is 0 Å². The number of rotatable bonds is 9. The molecule has 0 fully saturated rings. The largest absolute Gasteiger partial charge is 0.376 e. The van der Waals surface area contributed by atoms with Gasteiger partial charge in [0.2, 0.25) is 0 Å². The number of anilines is 6. The van der Waals surface area contributed by atoms with E-state index in [1.807, 2.05) is 0 Å². The number of fused-ring (bicyclic) bond motifs is 18. The van der Waals surface area contributed by atoms with Gasteiger partial charge in [0.05, 0.1) is 33.1 Å². The molecule has 24 rings (SSSR count). The zero-order valence-electron chi connectivity index (χ0n) is 64.2. The van der Waals surface area contributed by atoms with E-state index in [1.165, 1.54) is 177 Å². The number of aromatic nitrogens is 3. The van der Waals surface area contributed by atoms with Crippen LogP contribution in [0.1, 0.15) is 0 Å². The molecule has 0 bridgehead atoms. The van der Waals surface area contributed by atoms with Crippen LogP contribution < -0.4 is 47.2 Å². The van der Waals surface area contributed by atoms with E-state index in [9.17, 15) is 0 Å². The standard InChI is InChI=1S/3C36H25BN2/c1-3-13-26(14-4-1)37-33-24-23-28(38-34-20-10-7-17-29(34)30-18-8-11-21-35(30)38)25-32(33)31-19-9-12-22-36(31)39(37)27-15-5-2-6-16-27;1-2-12-28(13-3-1)39-36-21-11-7-15-30(36)29-14-4-8-18-33(29)37(39)26-22-24-27(25-23-26)38-34-19-9-5-16-31(34)32-17-6-10-20-35(32)38;1-2-12-26(13-3-1)37-33-18-8-4-14-29(33)30-15-7-11-21-36(30)39(37)28-24-22-27(23-25-28)38-34-19-9-5-16-31(34)32-17-6-10-20-35(32)38/h3*1-25H. The van der Waals surface area contributed by atoms with Crippen molar-refractivity contribution in [3.63, 3.8) is 0 Å². The summed E-state index contributed by atoms with van der Waals surface area (Å²) in [7, 11) is 0. The molecule has 21 aromatic rings. The van der Waals surface area contributed by atoms with Gasteiger partial charge >= 0.3 is 20.5 Å². The predicted octanol–water partition coefficient (Wildman–Crippen LogP) is 23.1. The Balaban J connectivity index is 0.000000106. The van der Waals surface area contributed by atoms with E-state index >= 15 is 0 Å². The van der Waals surface area contributed by atoms with Crippen LogP contribution in [-0.2, 0) is 0 Å². The van der Waals surface area contributed by atoms with Gasteiger partial charge in [-0.15, -0.1) is 0 Å². The normalized spacial score (nSPS) is 12.5. The van der Waals surface area contributed by atoms with Crippen LogP contribution in [0.15, 0.2) is 455 Å². The van der Waals surface area contributed by atoms with Crippen LogP contribution in [0.4, 0.5) is 34.1 Å². The number of para-hydroxylation sites is 11. The van der Waals surface area contributed by atoms with Crippen molar-refractivity contribution in [2.24, 2.45) is 0 Å². The summed E-state index contributed by atoms with van der Waals surface area (Å²) in [6, 6.07) is 165. The van der Waals surface area contributed by atoms with Crippen LogP contribution in [-0.4, -0.2) is 34.2 Å². The van der Waals surface area contributed by atoms with E-state index in [0.29, 0.717) is 0 Å². The Morgan fingerprint density at radius 3 is 0.735 bits per heavy atom. The topological polar surface area (TPSA) is 24.5 Å². The predicted molar refractivity (Wildman–Crippen MR) is 499 cm³/mol. The molecule has 0 N–H and O–H groups in total. The molecule has 0 saturated carbocycles. The second-order valence-corrected chi connectivity index (χ2v) is 30.5. The highest BCUT2D eigenvalue weighted by atomic mass is 15.1. The van der Waals surface area contributed by atoms with Gasteiger partial charge in [0.15, 0.2) is 0 Å². The van der Waals surface area contributed by atoms with E-state index in [-0.39, 0.29) is 20.5 Å². The lowest BCUT2D eigenvalue weighted by atomic mass is 9.45. The van der Waals surface area contributed by atoms with Gasteiger partial charge in [0, 0.05) is 100 Å². The fourth-order valence-electron chi connectivity index (χ4n) is 19.2. The number of nitrogens with zero attached hydrogens (tertiary/aromatic N) is 6. The first-order valence-corrected chi connectivity index (χ1v) is 40.5. The van der Waals surface area contributed by atoms with Crippen molar-refractivity contribution >= 4 is 153 Å². The minimum absolute atomic E-state index is 0.0608. The van der Waals surface area contributed by atoms with Crippen molar-refractivity contribution in [2.45, 2.75) is 0 Å². The third-order valence-corrected chi connectivity index (χ3v) is 24.1. The van der Waals surface area contributed by atoms with Gasteiger partial charge in [-0.1, -0.05) is 344 Å². The summed E-state index contributed by atoms with van der Waals surface area (Å²) in [5.41, 5.74) is 33.6. The maximum absolute atomic E-state index is 2.50. The average Bonchev–Trinajstić information content (AvgIpc) is 1.55. The fourth-order valence-corrected chi connectivity index (χ4v) is 19.2. The monoisotopic (exact) mass is 1490 g/mol. The lowest BCUT2D eigenvalue weighted by Crippen LogP contribution is -2.57. The summed E-state index contributed by atoms with van der Waals surface area (Å²) in [6.07, 6.45) is 0. The lowest BCUT2D eigenvalue weighted by molar-refractivity contribution is 1.18. The molecule has 6 nitrogen and oxygen atoms in total. The van der Waals surface area contributed by atoms with Crippen molar-refractivity contribution < 1.29 is 0 Å². The Hall–Kier alpha value is -15.0. The summed E-state index contributed by atoms with van der Waals surface area (Å²) >= 11 is 0. The highest BCUT2D eigenvalue weighted by Gasteiger charge is 2.40. The third-order valence-electron chi connectivity index (χ3n) is 24.1. The maximum Gasteiger partial charge on any atom is 0.328 e.